The molecule has 0 fully saturated rings. The van der Waals surface area contributed by atoms with Crippen LogP contribution in [0.25, 0.3) is 11.0 Å². The molecule has 0 saturated carbocycles. The molecule has 4 aromatic rings. The molecule has 0 amide bonds. The third kappa shape index (κ3) is 4.70. The fourth-order valence-corrected chi connectivity index (χ4v) is 2.71. The van der Waals surface area contributed by atoms with E-state index >= 15 is 0 Å². The molecule has 2 aromatic carbocycles. The van der Waals surface area contributed by atoms with Crippen LogP contribution in [0.15, 0.2) is 73.1 Å². The van der Waals surface area contributed by atoms with Gasteiger partial charge in [0.05, 0.1) is 11.0 Å². The summed E-state index contributed by atoms with van der Waals surface area (Å²) in [7, 11) is 2.03. The largest absolute Gasteiger partial charge is 0.486 e. The Balaban J connectivity index is 0.00000131. The fourth-order valence-electron chi connectivity index (χ4n) is 2.71. The van der Waals surface area contributed by atoms with Crippen molar-refractivity contribution in [1.29, 1.82) is 0 Å². The van der Waals surface area contributed by atoms with Crippen LogP contribution in [0.2, 0.25) is 0 Å². The summed E-state index contributed by atoms with van der Waals surface area (Å²) in [6.07, 6.45) is 3.58. The predicted molar refractivity (Wildman–Crippen MR) is 114 cm³/mol. The lowest BCUT2D eigenvalue weighted by Crippen LogP contribution is -2.09. The molecule has 0 saturated heterocycles. The van der Waals surface area contributed by atoms with Crippen LogP contribution in [0.5, 0.6) is 5.75 Å². The van der Waals surface area contributed by atoms with E-state index in [0.717, 1.165) is 34.0 Å². The van der Waals surface area contributed by atoms with Crippen molar-refractivity contribution < 1.29 is 4.74 Å². The smallest absolute Gasteiger partial charge is 0.146 e. The van der Waals surface area contributed by atoms with Crippen LogP contribution in [0, 0.1) is 0 Å². The van der Waals surface area contributed by atoms with Gasteiger partial charge in [-0.05, 0) is 42.5 Å². The number of nitrogens with one attached hydrogen (secondary N) is 1. The van der Waals surface area contributed by atoms with E-state index in [9.17, 15) is 0 Å². The lowest BCUT2D eigenvalue weighted by molar-refractivity contribution is 0.297. The maximum absolute atomic E-state index is 5.76. The minimum atomic E-state index is 0. The van der Waals surface area contributed by atoms with Gasteiger partial charge in [0.1, 0.15) is 18.2 Å². The van der Waals surface area contributed by atoms with Gasteiger partial charge in [0.25, 0.3) is 0 Å². The number of fused-ring (bicyclic) bond motifs is 1. The van der Waals surface area contributed by atoms with Gasteiger partial charge in [0.2, 0.25) is 0 Å². The number of H-pyrrole nitrogens is 1. The molecule has 0 spiro atoms. The summed E-state index contributed by atoms with van der Waals surface area (Å²) in [4.78, 5) is 14.1. The molecule has 0 radical (unpaired) electrons. The van der Waals surface area contributed by atoms with Gasteiger partial charge in [0, 0.05) is 30.8 Å². The third-order valence-corrected chi connectivity index (χ3v) is 4.07. The Morgan fingerprint density at radius 3 is 2.41 bits per heavy atom. The van der Waals surface area contributed by atoms with Gasteiger partial charge < -0.3 is 14.6 Å². The van der Waals surface area contributed by atoms with Crippen LogP contribution in [0.1, 0.15) is 5.82 Å². The normalized spacial score (nSPS) is 9.96. The maximum Gasteiger partial charge on any atom is 0.146 e. The summed E-state index contributed by atoms with van der Waals surface area (Å²) in [6, 6.07) is 19.9. The van der Waals surface area contributed by atoms with Crippen molar-refractivity contribution in [3.8, 4) is 5.75 Å². The second-order valence-corrected chi connectivity index (χ2v) is 5.75. The highest BCUT2D eigenvalue weighted by Gasteiger charge is 2.08. The number of benzene rings is 2. The molecule has 27 heavy (non-hydrogen) atoms. The van der Waals surface area contributed by atoms with E-state index in [0.29, 0.717) is 6.61 Å². The summed E-state index contributed by atoms with van der Waals surface area (Å²) in [6.45, 7) is 0.411. The first kappa shape index (κ1) is 20.6. The van der Waals surface area contributed by atoms with Crippen LogP contribution < -0.4 is 9.64 Å². The van der Waals surface area contributed by atoms with Gasteiger partial charge >= 0.3 is 0 Å². The van der Waals surface area contributed by atoms with Crippen molar-refractivity contribution in [1.82, 2.24) is 15.0 Å². The van der Waals surface area contributed by atoms with Gasteiger partial charge in [-0.25, -0.2) is 4.98 Å². The number of aromatic amines is 1. The highest BCUT2D eigenvalue weighted by atomic mass is 35.5. The average molecular weight is 403 g/mol. The van der Waals surface area contributed by atoms with E-state index in [1.807, 2.05) is 55.6 Å². The number of anilines is 2. The second-order valence-electron chi connectivity index (χ2n) is 5.75. The number of imidazole rings is 1. The molecule has 0 aliphatic heterocycles. The number of para-hydroxylation sites is 1. The van der Waals surface area contributed by atoms with Crippen LogP contribution in [0.3, 0.4) is 0 Å². The Morgan fingerprint density at radius 1 is 0.926 bits per heavy atom. The molecule has 0 aliphatic rings. The highest BCUT2D eigenvalue weighted by Crippen LogP contribution is 2.26. The van der Waals surface area contributed by atoms with Gasteiger partial charge in [-0.1, -0.05) is 18.2 Å². The Hall–Kier alpha value is -2.76. The number of hydrogen-bond acceptors (Lipinski definition) is 4. The first-order chi connectivity index (χ1) is 12.3. The molecule has 0 atom stereocenters. The molecule has 7 heteroatoms. The Morgan fingerprint density at radius 2 is 1.67 bits per heavy atom. The minimum Gasteiger partial charge on any atom is -0.486 e. The van der Waals surface area contributed by atoms with Gasteiger partial charge in [-0.15, -0.1) is 24.8 Å². The zero-order valence-corrected chi connectivity index (χ0v) is 16.3. The topological polar surface area (TPSA) is 54.0 Å². The standard InChI is InChI=1S/C20H18N4O.2ClH/c1-24(15-9-11-21-12-10-15)16-7-8-18-19(13-16)23-20(22-18)14-25-17-5-3-2-4-6-17;;/h2-13H,14H2,1H3,(H,22,23);2*1H. The van der Waals surface area contributed by atoms with E-state index in [-0.39, 0.29) is 24.8 Å². The summed E-state index contributed by atoms with van der Waals surface area (Å²) >= 11 is 0. The lowest BCUT2D eigenvalue weighted by atomic mass is 10.2. The van der Waals surface area contributed by atoms with Crippen molar-refractivity contribution in [3.05, 3.63) is 78.9 Å². The van der Waals surface area contributed by atoms with Crippen molar-refractivity contribution >= 4 is 47.2 Å². The average Bonchev–Trinajstić information content (AvgIpc) is 3.09. The van der Waals surface area contributed by atoms with E-state index in [2.05, 4.69) is 32.0 Å². The van der Waals surface area contributed by atoms with Crippen LogP contribution in [-0.4, -0.2) is 22.0 Å². The predicted octanol–water partition coefficient (Wildman–Crippen LogP) is 5.15. The van der Waals surface area contributed by atoms with Gasteiger partial charge in [-0.3, -0.25) is 4.98 Å². The summed E-state index contributed by atoms with van der Waals surface area (Å²) in [5.74, 6) is 1.64. The molecule has 0 aliphatic carbocycles. The molecule has 1 N–H and O–H groups in total. The quantitative estimate of drug-likeness (QED) is 0.501. The first-order valence-electron chi connectivity index (χ1n) is 8.10. The Kier molecular flexibility index (Phi) is 7.05. The van der Waals surface area contributed by atoms with Crippen molar-refractivity contribution in [3.63, 3.8) is 0 Å². The fraction of sp³-hybridized carbons (Fsp3) is 0.100. The second kappa shape index (κ2) is 9.26. The van der Waals surface area contributed by atoms with E-state index in [1.54, 1.807) is 12.4 Å². The molecule has 4 rings (SSSR count). The molecule has 0 unspecified atom stereocenters. The molecule has 0 bridgehead atoms. The molecular formula is C20H20Cl2N4O. The SMILES string of the molecule is CN(c1ccncc1)c1ccc2nc(COc3ccccc3)[nH]c2c1.Cl.Cl. The van der Waals surface area contributed by atoms with Gasteiger partial charge in [0.15, 0.2) is 0 Å². The van der Waals surface area contributed by atoms with Crippen LogP contribution in [0.4, 0.5) is 11.4 Å². The lowest BCUT2D eigenvalue weighted by Gasteiger charge is -2.19. The molecular weight excluding hydrogens is 383 g/mol. The monoisotopic (exact) mass is 402 g/mol. The van der Waals surface area contributed by atoms with Crippen LogP contribution >= 0.6 is 24.8 Å². The molecule has 140 valence electrons. The zero-order chi connectivity index (χ0) is 17.1. The highest BCUT2D eigenvalue weighted by molar-refractivity contribution is 5.85. The van der Waals surface area contributed by atoms with Crippen molar-refractivity contribution in [2.45, 2.75) is 6.61 Å². The maximum atomic E-state index is 5.76. The number of halogens is 2. The van der Waals surface area contributed by atoms with E-state index in [4.69, 9.17) is 4.74 Å². The van der Waals surface area contributed by atoms with Crippen LogP contribution in [-0.2, 0) is 6.61 Å². The number of ether oxygens (including phenoxy) is 1. The number of nitrogens with zero attached hydrogens (tertiary/aromatic N) is 3. The van der Waals surface area contributed by atoms with E-state index < -0.39 is 0 Å². The van der Waals surface area contributed by atoms with Crippen molar-refractivity contribution in [2.24, 2.45) is 0 Å². The third-order valence-electron chi connectivity index (χ3n) is 4.07. The summed E-state index contributed by atoms with van der Waals surface area (Å²) < 4.78 is 5.76. The summed E-state index contributed by atoms with van der Waals surface area (Å²) in [5.41, 5.74) is 4.09. The first-order valence-corrected chi connectivity index (χ1v) is 8.10. The molecule has 5 nitrogen and oxygen atoms in total. The molecule has 2 heterocycles. The number of hydrogen-bond donors (Lipinski definition) is 1. The Labute approximate surface area is 170 Å². The number of pyridine rings is 1. The summed E-state index contributed by atoms with van der Waals surface area (Å²) in [5, 5.41) is 0. The Bertz CT molecular complexity index is 977. The number of aromatic nitrogens is 3. The zero-order valence-electron chi connectivity index (χ0n) is 14.7. The minimum absolute atomic E-state index is 0. The number of rotatable bonds is 5. The van der Waals surface area contributed by atoms with Crippen molar-refractivity contribution in [2.75, 3.05) is 11.9 Å². The molecule has 2 aromatic heterocycles. The van der Waals surface area contributed by atoms with Gasteiger partial charge in [-0.2, -0.15) is 0 Å². The van der Waals surface area contributed by atoms with E-state index in [1.165, 1.54) is 0 Å².